The summed E-state index contributed by atoms with van der Waals surface area (Å²) >= 11 is 0. The van der Waals surface area contributed by atoms with Crippen LogP contribution in [-0.4, -0.2) is 30.9 Å². The summed E-state index contributed by atoms with van der Waals surface area (Å²) < 4.78 is 16.1. The Bertz CT molecular complexity index is 684. The summed E-state index contributed by atoms with van der Waals surface area (Å²) in [4.78, 5) is 4.57. The third-order valence-electron chi connectivity index (χ3n) is 4.98. The standard InChI is InChI=1S/C18H25N3O3.ClH/c1-22-14-7-6-13(10-15(14)23-2)17-20-16(24-21-17)11-18(12-19)8-4-3-5-9-18;/h6-7,10H,3-5,8-9,11-12,19H2,1-2H3;1H. The number of hydrogen-bond acceptors (Lipinski definition) is 6. The molecule has 3 rings (SSSR count). The maximum Gasteiger partial charge on any atom is 0.227 e. The molecule has 0 radical (unpaired) electrons. The van der Waals surface area contributed by atoms with Gasteiger partial charge in [0.1, 0.15) is 0 Å². The zero-order chi connectivity index (χ0) is 17.0. The van der Waals surface area contributed by atoms with Gasteiger partial charge in [-0.05, 0) is 43.0 Å². The number of nitrogens with two attached hydrogens (primary N) is 1. The summed E-state index contributed by atoms with van der Waals surface area (Å²) in [6.45, 7) is 0.668. The van der Waals surface area contributed by atoms with Crippen LogP contribution in [0, 0.1) is 5.41 Å². The van der Waals surface area contributed by atoms with Gasteiger partial charge in [0.05, 0.1) is 14.2 Å². The van der Waals surface area contributed by atoms with Crippen molar-refractivity contribution in [2.75, 3.05) is 20.8 Å². The Hall–Kier alpha value is -1.79. The molecular formula is C18H26ClN3O3. The largest absolute Gasteiger partial charge is 0.493 e. The van der Waals surface area contributed by atoms with Crippen molar-refractivity contribution in [3.63, 3.8) is 0 Å². The first-order valence-corrected chi connectivity index (χ1v) is 8.45. The second-order valence-corrected chi connectivity index (χ2v) is 6.52. The average Bonchev–Trinajstić information content (AvgIpc) is 3.10. The number of ether oxygens (including phenoxy) is 2. The number of methoxy groups -OCH3 is 2. The van der Waals surface area contributed by atoms with Crippen molar-refractivity contribution in [1.29, 1.82) is 0 Å². The van der Waals surface area contributed by atoms with E-state index >= 15 is 0 Å². The summed E-state index contributed by atoms with van der Waals surface area (Å²) in [6, 6.07) is 5.59. The first-order chi connectivity index (χ1) is 11.7. The van der Waals surface area contributed by atoms with Crippen LogP contribution in [0.4, 0.5) is 0 Å². The van der Waals surface area contributed by atoms with Crippen LogP contribution in [0.1, 0.15) is 38.0 Å². The fraction of sp³-hybridized carbons (Fsp3) is 0.556. The van der Waals surface area contributed by atoms with Gasteiger partial charge in [0, 0.05) is 12.0 Å². The van der Waals surface area contributed by atoms with Crippen LogP contribution in [0.15, 0.2) is 22.7 Å². The monoisotopic (exact) mass is 367 g/mol. The van der Waals surface area contributed by atoms with Crippen LogP contribution in [0.3, 0.4) is 0 Å². The van der Waals surface area contributed by atoms with E-state index in [4.69, 9.17) is 19.7 Å². The lowest BCUT2D eigenvalue weighted by Gasteiger charge is -2.34. The molecule has 0 spiro atoms. The van der Waals surface area contributed by atoms with Crippen molar-refractivity contribution in [3.05, 3.63) is 24.1 Å². The number of aromatic nitrogens is 2. The molecule has 1 fully saturated rings. The molecule has 0 unspecified atom stereocenters. The number of benzene rings is 1. The van der Waals surface area contributed by atoms with E-state index in [-0.39, 0.29) is 17.8 Å². The van der Waals surface area contributed by atoms with E-state index in [1.165, 1.54) is 19.3 Å². The van der Waals surface area contributed by atoms with E-state index in [9.17, 15) is 0 Å². The van der Waals surface area contributed by atoms with E-state index in [1.807, 2.05) is 18.2 Å². The van der Waals surface area contributed by atoms with Crippen LogP contribution >= 0.6 is 12.4 Å². The van der Waals surface area contributed by atoms with Gasteiger partial charge in [-0.25, -0.2) is 0 Å². The van der Waals surface area contributed by atoms with Crippen molar-refractivity contribution >= 4 is 12.4 Å². The Balaban J connectivity index is 0.00000225. The molecule has 0 atom stereocenters. The molecule has 1 aliphatic rings. The topological polar surface area (TPSA) is 83.4 Å². The molecule has 0 aliphatic heterocycles. The summed E-state index contributed by atoms with van der Waals surface area (Å²) in [7, 11) is 3.22. The molecule has 0 bridgehead atoms. The van der Waals surface area contributed by atoms with Crippen molar-refractivity contribution in [1.82, 2.24) is 10.1 Å². The van der Waals surface area contributed by atoms with E-state index in [2.05, 4.69) is 10.1 Å². The first kappa shape index (κ1) is 19.5. The smallest absolute Gasteiger partial charge is 0.227 e. The van der Waals surface area contributed by atoms with E-state index in [0.29, 0.717) is 29.8 Å². The van der Waals surface area contributed by atoms with E-state index in [0.717, 1.165) is 24.8 Å². The fourth-order valence-electron chi connectivity index (χ4n) is 3.49. The zero-order valence-corrected chi connectivity index (χ0v) is 15.6. The molecule has 138 valence electrons. The lowest BCUT2D eigenvalue weighted by atomic mass is 9.72. The minimum atomic E-state index is 0. The minimum Gasteiger partial charge on any atom is -0.493 e. The van der Waals surface area contributed by atoms with Crippen LogP contribution in [-0.2, 0) is 6.42 Å². The Morgan fingerprint density at radius 1 is 1.12 bits per heavy atom. The number of hydrogen-bond donors (Lipinski definition) is 1. The summed E-state index contributed by atoms with van der Waals surface area (Å²) in [6.07, 6.45) is 6.78. The van der Waals surface area contributed by atoms with Gasteiger partial charge >= 0.3 is 0 Å². The Morgan fingerprint density at radius 2 is 1.84 bits per heavy atom. The van der Waals surface area contributed by atoms with E-state index in [1.54, 1.807) is 14.2 Å². The SMILES string of the molecule is COc1ccc(-c2noc(CC3(CN)CCCCC3)n2)cc1OC.Cl. The molecule has 0 amide bonds. The number of halogens is 1. The highest BCUT2D eigenvalue weighted by Crippen LogP contribution is 2.38. The molecule has 2 aromatic rings. The molecule has 2 N–H and O–H groups in total. The molecule has 25 heavy (non-hydrogen) atoms. The predicted molar refractivity (Wildman–Crippen MR) is 98.4 cm³/mol. The molecule has 1 aromatic heterocycles. The van der Waals surface area contributed by atoms with Crippen LogP contribution in [0.25, 0.3) is 11.4 Å². The first-order valence-electron chi connectivity index (χ1n) is 8.45. The maximum absolute atomic E-state index is 6.05. The molecule has 1 saturated carbocycles. The molecular weight excluding hydrogens is 342 g/mol. The van der Waals surface area contributed by atoms with Gasteiger partial charge in [0.25, 0.3) is 0 Å². The second kappa shape index (κ2) is 8.54. The van der Waals surface area contributed by atoms with Gasteiger partial charge in [-0.15, -0.1) is 12.4 Å². The van der Waals surface area contributed by atoms with Gasteiger partial charge in [0.15, 0.2) is 11.5 Å². The quantitative estimate of drug-likeness (QED) is 0.839. The molecule has 1 aliphatic carbocycles. The highest BCUT2D eigenvalue weighted by molar-refractivity contribution is 5.85. The summed E-state index contributed by atoms with van der Waals surface area (Å²) in [5, 5.41) is 4.12. The summed E-state index contributed by atoms with van der Waals surface area (Å²) in [5.74, 6) is 2.54. The van der Waals surface area contributed by atoms with Gasteiger partial charge in [-0.1, -0.05) is 24.4 Å². The second-order valence-electron chi connectivity index (χ2n) is 6.52. The van der Waals surface area contributed by atoms with Crippen LogP contribution in [0.5, 0.6) is 11.5 Å². The normalized spacial score (nSPS) is 16.1. The third kappa shape index (κ3) is 4.25. The highest BCUT2D eigenvalue weighted by atomic mass is 35.5. The number of rotatable bonds is 6. The molecule has 7 heteroatoms. The Labute approximate surface area is 154 Å². The lowest BCUT2D eigenvalue weighted by molar-refractivity contribution is 0.177. The van der Waals surface area contributed by atoms with Gasteiger partial charge < -0.3 is 19.7 Å². The Morgan fingerprint density at radius 3 is 2.48 bits per heavy atom. The average molecular weight is 368 g/mol. The lowest BCUT2D eigenvalue weighted by Crippen LogP contribution is -2.35. The molecule has 1 heterocycles. The Kier molecular flexibility index (Phi) is 6.67. The van der Waals surface area contributed by atoms with Gasteiger partial charge in [-0.2, -0.15) is 4.98 Å². The van der Waals surface area contributed by atoms with E-state index < -0.39 is 0 Å². The molecule has 0 saturated heterocycles. The van der Waals surface area contributed by atoms with Crippen LogP contribution in [0.2, 0.25) is 0 Å². The highest BCUT2D eigenvalue weighted by Gasteiger charge is 2.33. The third-order valence-corrected chi connectivity index (χ3v) is 4.98. The number of nitrogens with zero attached hydrogens (tertiary/aromatic N) is 2. The van der Waals surface area contributed by atoms with Crippen LogP contribution < -0.4 is 15.2 Å². The van der Waals surface area contributed by atoms with Gasteiger partial charge in [-0.3, -0.25) is 0 Å². The predicted octanol–water partition coefficient (Wildman–Crippen LogP) is 3.63. The van der Waals surface area contributed by atoms with Crippen molar-refractivity contribution in [3.8, 4) is 22.9 Å². The van der Waals surface area contributed by atoms with Gasteiger partial charge in [0.2, 0.25) is 11.7 Å². The maximum atomic E-state index is 6.05. The van der Waals surface area contributed by atoms with Crippen molar-refractivity contribution < 1.29 is 14.0 Å². The zero-order valence-electron chi connectivity index (χ0n) is 14.8. The minimum absolute atomic E-state index is 0. The fourth-order valence-corrected chi connectivity index (χ4v) is 3.49. The van der Waals surface area contributed by atoms with Crippen molar-refractivity contribution in [2.24, 2.45) is 11.1 Å². The molecule has 1 aromatic carbocycles. The van der Waals surface area contributed by atoms with Crippen molar-refractivity contribution in [2.45, 2.75) is 38.5 Å². The summed E-state index contributed by atoms with van der Waals surface area (Å²) in [5.41, 5.74) is 7.01. The molecule has 6 nitrogen and oxygen atoms in total.